The summed E-state index contributed by atoms with van der Waals surface area (Å²) in [6, 6.07) is -0.562. The van der Waals surface area contributed by atoms with Gasteiger partial charge >= 0.3 is 5.97 Å². The van der Waals surface area contributed by atoms with Crippen molar-refractivity contribution in [2.45, 2.75) is 334 Å². The summed E-state index contributed by atoms with van der Waals surface area (Å²) in [5.41, 5.74) is 0. The standard InChI is InChI=1S/C58H113NO5/c1-3-5-7-9-11-13-15-17-19-21-22-24-25-27-30-34-38-42-46-50-56(61)55(54-60)59-57(62)51-47-43-39-35-31-29-33-37-41-45-49-53-64-58(63)52-48-44-40-36-32-28-26-23-20-18-16-14-12-10-8-6-4-2/h33,37,55-56,60-61H,3-32,34-36,38-54H2,1-2H3,(H,59,62)/b37-33-. The van der Waals surface area contributed by atoms with Crippen LogP contribution >= 0.6 is 0 Å². The van der Waals surface area contributed by atoms with Gasteiger partial charge in [0.15, 0.2) is 0 Å². The number of rotatable bonds is 54. The third kappa shape index (κ3) is 50.0. The lowest BCUT2D eigenvalue weighted by Gasteiger charge is -2.22. The van der Waals surface area contributed by atoms with Crippen LogP contribution in [0.4, 0.5) is 0 Å². The third-order valence-electron chi connectivity index (χ3n) is 13.6. The van der Waals surface area contributed by atoms with Gasteiger partial charge in [-0.1, -0.05) is 270 Å². The number of esters is 1. The molecule has 380 valence electrons. The maximum Gasteiger partial charge on any atom is 0.305 e. The molecule has 0 spiro atoms. The van der Waals surface area contributed by atoms with E-state index in [1.54, 1.807) is 0 Å². The van der Waals surface area contributed by atoms with Crippen LogP contribution in [-0.2, 0) is 14.3 Å². The highest BCUT2D eigenvalue weighted by molar-refractivity contribution is 5.76. The fraction of sp³-hybridized carbons (Fsp3) is 0.931. The van der Waals surface area contributed by atoms with Gasteiger partial charge in [0, 0.05) is 12.8 Å². The van der Waals surface area contributed by atoms with E-state index in [2.05, 4.69) is 31.3 Å². The molecule has 0 saturated carbocycles. The second-order valence-corrected chi connectivity index (χ2v) is 20.0. The van der Waals surface area contributed by atoms with Gasteiger partial charge in [0.05, 0.1) is 25.4 Å². The Bertz CT molecular complexity index is 955. The van der Waals surface area contributed by atoms with Crippen LogP contribution in [0.15, 0.2) is 12.2 Å². The molecule has 3 N–H and O–H groups in total. The number of carbonyl (C=O) groups is 2. The molecule has 0 aromatic rings. The summed E-state index contributed by atoms with van der Waals surface area (Å²) in [6.45, 7) is 4.90. The highest BCUT2D eigenvalue weighted by Crippen LogP contribution is 2.18. The van der Waals surface area contributed by atoms with Crippen molar-refractivity contribution >= 4 is 11.9 Å². The normalized spacial score (nSPS) is 12.6. The van der Waals surface area contributed by atoms with Crippen molar-refractivity contribution in [2.24, 2.45) is 0 Å². The minimum Gasteiger partial charge on any atom is -0.466 e. The van der Waals surface area contributed by atoms with Crippen molar-refractivity contribution in [1.29, 1.82) is 0 Å². The van der Waals surface area contributed by atoms with Gasteiger partial charge in [-0.3, -0.25) is 9.59 Å². The summed E-state index contributed by atoms with van der Waals surface area (Å²) in [6.07, 6.45) is 63.4. The Morgan fingerprint density at radius 2 is 0.734 bits per heavy atom. The molecule has 0 aliphatic rings. The number of allylic oxidation sites excluding steroid dienone is 2. The molecule has 6 heteroatoms. The monoisotopic (exact) mass is 904 g/mol. The van der Waals surface area contributed by atoms with Crippen molar-refractivity contribution in [3.8, 4) is 0 Å². The minimum absolute atomic E-state index is 0.0263. The molecule has 0 aliphatic heterocycles. The quantitative estimate of drug-likeness (QED) is 0.0321. The number of carbonyl (C=O) groups excluding carboxylic acids is 2. The predicted octanol–water partition coefficient (Wildman–Crippen LogP) is 17.7. The van der Waals surface area contributed by atoms with Crippen LogP contribution in [-0.4, -0.2) is 47.4 Å². The lowest BCUT2D eigenvalue weighted by atomic mass is 10.0. The lowest BCUT2D eigenvalue weighted by Crippen LogP contribution is -2.45. The first-order valence-electron chi connectivity index (χ1n) is 28.9. The van der Waals surface area contributed by atoms with Crippen molar-refractivity contribution in [1.82, 2.24) is 5.32 Å². The van der Waals surface area contributed by atoms with E-state index < -0.39 is 12.1 Å². The zero-order chi connectivity index (χ0) is 46.5. The summed E-state index contributed by atoms with van der Waals surface area (Å²) in [7, 11) is 0. The highest BCUT2D eigenvalue weighted by atomic mass is 16.5. The third-order valence-corrected chi connectivity index (χ3v) is 13.6. The summed E-state index contributed by atoms with van der Waals surface area (Å²) in [5.74, 6) is -0.0869. The molecule has 1 amide bonds. The van der Waals surface area contributed by atoms with Gasteiger partial charge in [0.1, 0.15) is 0 Å². The molecule has 0 saturated heterocycles. The van der Waals surface area contributed by atoms with Gasteiger partial charge in [-0.15, -0.1) is 0 Å². The van der Waals surface area contributed by atoms with E-state index in [1.807, 2.05) is 0 Å². The number of aliphatic hydroxyl groups is 2. The highest BCUT2D eigenvalue weighted by Gasteiger charge is 2.20. The maximum absolute atomic E-state index is 12.5. The molecule has 2 atom stereocenters. The Kier molecular flexibility index (Phi) is 53.0. The Morgan fingerprint density at radius 1 is 0.422 bits per heavy atom. The van der Waals surface area contributed by atoms with Crippen molar-refractivity contribution < 1.29 is 24.5 Å². The van der Waals surface area contributed by atoms with Crippen LogP contribution in [0.5, 0.6) is 0 Å². The number of aliphatic hydroxyl groups excluding tert-OH is 2. The predicted molar refractivity (Wildman–Crippen MR) is 278 cm³/mol. The number of ether oxygens (including phenoxy) is 1. The molecule has 0 fully saturated rings. The summed E-state index contributed by atoms with van der Waals surface area (Å²) < 4.78 is 5.46. The fourth-order valence-electron chi connectivity index (χ4n) is 9.11. The second-order valence-electron chi connectivity index (χ2n) is 20.0. The molecule has 0 radical (unpaired) electrons. The van der Waals surface area contributed by atoms with Gasteiger partial charge in [-0.25, -0.2) is 0 Å². The number of hydrogen-bond donors (Lipinski definition) is 3. The van der Waals surface area contributed by atoms with E-state index in [0.29, 0.717) is 25.9 Å². The van der Waals surface area contributed by atoms with Crippen molar-refractivity contribution in [3.63, 3.8) is 0 Å². The molecule has 64 heavy (non-hydrogen) atoms. The largest absolute Gasteiger partial charge is 0.466 e. The van der Waals surface area contributed by atoms with Crippen molar-refractivity contribution in [3.05, 3.63) is 12.2 Å². The zero-order valence-corrected chi connectivity index (χ0v) is 43.3. The first-order valence-corrected chi connectivity index (χ1v) is 28.9. The summed E-state index contributed by atoms with van der Waals surface area (Å²) in [4.78, 5) is 24.5. The Hall–Kier alpha value is -1.40. The van der Waals surface area contributed by atoms with E-state index in [1.165, 1.54) is 212 Å². The minimum atomic E-state index is -0.682. The number of nitrogens with one attached hydrogen (secondary N) is 1. The number of hydrogen-bond acceptors (Lipinski definition) is 5. The van der Waals surface area contributed by atoms with E-state index in [0.717, 1.165) is 77.0 Å². The molecule has 0 aromatic carbocycles. The lowest BCUT2D eigenvalue weighted by molar-refractivity contribution is -0.143. The van der Waals surface area contributed by atoms with Gasteiger partial charge in [-0.2, -0.15) is 0 Å². The number of unbranched alkanes of at least 4 members (excludes halogenated alkanes) is 41. The fourth-order valence-corrected chi connectivity index (χ4v) is 9.11. The summed E-state index contributed by atoms with van der Waals surface area (Å²) in [5, 5.41) is 23.3. The molecule has 0 rings (SSSR count). The average Bonchev–Trinajstić information content (AvgIpc) is 3.29. The Balaban J connectivity index is 3.48. The van der Waals surface area contributed by atoms with Crippen molar-refractivity contribution in [2.75, 3.05) is 13.2 Å². The second kappa shape index (κ2) is 54.2. The van der Waals surface area contributed by atoms with E-state index in [-0.39, 0.29) is 18.5 Å². The van der Waals surface area contributed by atoms with Gasteiger partial charge in [0.2, 0.25) is 5.91 Å². The average molecular weight is 905 g/mol. The van der Waals surface area contributed by atoms with Crippen LogP contribution in [0.25, 0.3) is 0 Å². The molecular weight excluding hydrogens is 791 g/mol. The molecule has 0 aromatic heterocycles. The van der Waals surface area contributed by atoms with Crippen LogP contribution in [0.3, 0.4) is 0 Å². The first kappa shape index (κ1) is 62.6. The summed E-state index contributed by atoms with van der Waals surface area (Å²) >= 11 is 0. The first-order chi connectivity index (χ1) is 31.5. The van der Waals surface area contributed by atoms with Gasteiger partial charge < -0.3 is 20.3 Å². The molecule has 0 bridgehead atoms. The van der Waals surface area contributed by atoms with E-state index in [9.17, 15) is 19.8 Å². The smallest absolute Gasteiger partial charge is 0.305 e. The molecule has 0 aliphatic carbocycles. The SMILES string of the molecule is CCCCCCCCCCCCCCCCCCCCCC(O)C(CO)NC(=O)CCCCCCC/C=C\CCCCOC(=O)CCCCCCCCCCCCCCCCCCC. The van der Waals surface area contributed by atoms with Crippen LogP contribution in [0.1, 0.15) is 322 Å². The molecule has 0 heterocycles. The Labute approximate surface area is 399 Å². The maximum atomic E-state index is 12.5. The molecule has 2 unspecified atom stereocenters. The van der Waals surface area contributed by atoms with E-state index >= 15 is 0 Å². The van der Waals surface area contributed by atoms with Gasteiger partial charge in [0.25, 0.3) is 0 Å². The van der Waals surface area contributed by atoms with Crippen LogP contribution in [0, 0.1) is 0 Å². The van der Waals surface area contributed by atoms with Gasteiger partial charge in [-0.05, 0) is 51.4 Å². The van der Waals surface area contributed by atoms with Crippen LogP contribution < -0.4 is 5.32 Å². The number of amides is 1. The molecule has 6 nitrogen and oxygen atoms in total. The van der Waals surface area contributed by atoms with Crippen LogP contribution in [0.2, 0.25) is 0 Å². The van der Waals surface area contributed by atoms with E-state index in [4.69, 9.17) is 4.74 Å². The Morgan fingerprint density at radius 3 is 1.11 bits per heavy atom. The topological polar surface area (TPSA) is 95.9 Å². The zero-order valence-electron chi connectivity index (χ0n) is 43.3. The molecular formula is C58H113NO5.